The quantitative estimate of drug-likeness (QED) is 0.487. The molecule has 0 aliphatic carbocycles. The third-order valence-electron chi connectivity index (χ3n) is 3.98. The van der Waals surface area contributed by atoms with Gasteiger partial charge in [0.1, 0.15) is 5.75 Å². The van der Waals surface area contributed by atoms with E-state index in [4.69, 9.17) is 22.1 Å². The molecule has 2 aromatic rings. The second-order valence-electron chi connectivity index (χ2n) is 5.72. The molecule has 25 heavy (non-hydrogen) atoms. The summed E-state index contributed by atoms with van der Waals surface area (Å²) in [7, 11) is 1.58. The average Bonchev–Trinajstić information content (AvgIpc) is 3.15. The van der Waals surface area contributed by atoms with E-state index in [0.717, 1.165) is 24.3 Å². The van der Waals surface area contributed by atoms with Gasteiger partial charge < -0.3 is 20.7 Å². The van der Waals surface area contributed by atoms with Crippen molar-refractivity contribution in [3.8, 4) is 5.75 Å². The van der Waals surface area contributed by atoms with Gasteiger partial charge >= 0.3 is 0 Å². The zero-order chi connectivity index (χ0) is 17.6. The van der Waals surface area contributed by atoms with Crippen LogP contribution in [0.1, 0.15) is 5.56 Å². The Kier molecular flexibility index (Phi) is 5.46. The highest BCUT2D eigenvalue weighted by atomic mass is 35.5. The number of ether oxygens (including phenoxy) is 1. The van der Waals surface area contributed by atoms with Crippen molar-refractivity contribution in [2.45, 2.75) is 6.54 Å². The summed E-state index contributed by atoms with van der Waals surface area (Å²) in [5, 5.41) is 3.55. The molecular formula is C19H21ClN4O. The topological polar surface area (TPSA) is 62.9 Å². The Balaban J connectivity index is 1.58. The van der Waals surface area contributed by atoms with Crippen molar-refractivity contribution in [2.75, 3.05) is 30.4 Å². The Bertz CT molecular complexity index is 779. The Morgan fingerprint density at radius 2 is 1.92 bits per heavy atom. The van der Waals surface area contributed by atoms with Gasteiger partial charge in [-0.2, -0.15) is 0 Å². The maximum absolute atomic E-state index is 6.10. The van der Waals surface area contributed by atoms with Gasteiger partial charge in [-0.15, -0.1) is 0 Å². The third-order valence-corrected chi connectivity index (χ3v) is 4.27. The van der Waals surface area contributed by atoms with Gasteiger partial charge in [-0.1, -0.05) is 35.9 Å². The lowest BCUT2D eigenvalue weighted by molar-refractivity contribution is 0.415. The molecule has 0 atom stereocenters. The normalized spacial score (nSPS) is 14.0. The first-order valence-electron chi connectivity index (χ1n) is 8.05. The maximum atomic E-state index is 6.10. The lowest BCUT2D eigenvalue weighted by Crippen LogP contribution is -2.22. The highest BCUT2D eigenvalue weighted by Gasteiger charge is 2.07. The monoisotopic (exact) mass is 356 g/mol. The van der Waals surface area contributed by atoms with Crippen molar-refractivity contribution in [1.29, 1.82) is 0 Å². The summed E-state index contributed by atoms with van der Waals surface area (Å²) in [6.07, 6.45) is 4.35. The summed E-state index contributed by atoms with van der Waals surface area (Å²) >= 11 is 6.10. The van der Waals surface area contributed by atoms with Crippen LogP contribution in [-0.4, -0.2) is 26.2 Å². The van der Waals surface area contributed by atoms with E-state index in [1.807, 2.05) is 6.07 Å². The highest BCUT2D eigenvalue weighted by Crippen LogP contribution is 2.27. The van der Waals surface area contributed by atoms with Gasteiger partial charge in [0.15, 0.2) is 5.96 Å². The van der Waals surface area contributed by atoms with E-state index in [-0.39, 0.29) is 0 Å². The molecule has 1 heterocycles. The molecule has 0 spiro atoms. The molecule has 1 aliphatic heterocycles. The van der Waals surface area contributed by atoms with Crippen LogP contribution in [0.25, 0.3) is 0 Å². The van der Waals surface area contributed by atoms with Crippen molar-refractivity contribution >= 4 is 28.9 Å². The number of rotatable bonds is 5. The highest BCUT2D eigenvalue weighted by molar-refractivity contribution is 6.32. The van der Waals surface area contributed by atoms with E-state index in [1.165, 1.54) is 5.69 Å². The molecule has 0 unspecified atom stereocenters. The minimum absolute atomic E-state index is 0.342. The average molecular weight is 357 g/mol. The molecule has 130 valence electrons. The second kappa shape index (κ2) is 7.94. The van der Waals surface area contributed by atoms with Gasteiger partial charge in [-0.3, -0.25) is 0 Å². The lowest BCUT2D eigenvalue weighted by atomic mass is 10.2. The van der Waals surface area contributed by atoms with Gasteiger partial charge in [0.25, 0.3) is 0 Å². The standard InChI is InChI=1S/C19H21ClN4O/c1-25-18-9-6-15(12-17(18)20)23-19(21)22-13-14-4-7-16(8-5-14)24-10-2-3-11-24/h2-9,12H,10-11,13H2,1H3,(H3,21,22,23). The Morgan fingerprint density at radius 1 is 1.20 bits per heavy atom. The summed E-state index contributed by atoms with van der Waals surface area (Å²) in [6.45, 7) is 2.46. The summed E-state index contributed by atoms with van der Waals surface area (Å²) in [4.78, 5) is 6.67. The summed E-state index contributed by atoms with van der Waals surface area (Å²) in [6, 6.07) is 13.8. The molecule has 2 aromatic carbocycles. The van der Waals surface area contributed by atoms with Crippen LogP contribution in [0.15, 0.2) is 59.6 Å². The fraction of sp³-hybridized carbons (Fsp3) is 0.211. The van der Waals surface area contributed by atoms with Crippen molar-refractivity contribution < 1.29 is 4.74 Å². The zero-order valence-corrected chi connectivity index (χ0v) is 14.8. The number of hydrogen-bond acceptors (Lipinski definition) is 3. The van der Waals surface area contributed by atoms with E-state index < -0.39 is 0 Å². The molecule has 0 bridgehead atoms. The van der Waals surface area contributed by atoms with E-state index in [2.05, 4.69) is 51.6 Å². The number of benzene rings is 2. The van der Waals surface area contributed by atoms with Crippen LogP contribution in [0.4, 0.5) is 11.4 Å². The first-order chi connectivity index (χ1) is 12.2. The molecule has 0 saturated carbocycles. The molecule has 0 aromatic heterocycles. The number of nitrogens with one attached hydrogen (secondary N) is 1. The van der Waals surface area contributed by atoms with Crippen LogP contribution < -0.4 is 20.7 Å². The summed E-state index contributed by atoms with van der Waals surface area (Å²) < 4.78 is 5.13. The van der Waals surface area contributed by atoms with Gasteiger partial charge in [0.2, 0.25) is 0 Å². The van der Waals surface area contributed by atoms with E-state index >= 15 is 0 Å². The fourth-order valence-electron chi connectivity index (χ4n) is 2.61. The predicted molar refractivity (Wildman–Crippen MR) is 105 cm³/mol. The van der Waals surface area contributed by atoms with Crippen LogP contribution in [0.5, 0.6) is 5.75 Å². The Morgan fingerprint density at radius 3 is 2.56 bits per heavy atom. The number of anilines is 2. The molecule has 3 rings (SSSR count). The molecule has 5 nitrogen and oxygen atoms in total. The minimum atomic E-state index is 0.342. The van der Waals surface area contributed by atoms with E-state index in [0.29, 0.717) is 23.3 Å². The van der Waals surface area contributed by atoms with Gasteiger partial charge in [0.05, 0.1) is 18.7 Å². The molecule has 0 radical (unpaired) electrons. The van der Waals surface area contributed by atoms with Crippen LogP contribution in [0, 0.1) is 0 Å². The molecule has 0 amide bonds. The fourth-order valence-corrected chi connectivity index (χ4v) is 2.87. The minimum Gasteiger partial charge on any atom is -0.495 e. The Labute approximate surface area is 152 Å². The van der Waals surface area contributed by atoms with Crippen LogP contribution in [0.3, 0.4) is 0 Å². The maximum Gasteiger partial charge on any atom is 0.193 e. The molecule has 0 fully saturated rings. The SMILES string of the molecule is COc1ccc(NC(N)=NCc2ccc(N3CC=CC3)cc2)cc1Cl. The van der Waals surface area contributed by atoms with Crippen molar-refractivity contribution in [2.24, 2.45) is 10.7 Å². The smallest absolute Gasteiger partial charge is 0.193 e. The number of guanidine groups is 1. The second-order valence-corrected chi connectivity index (χ2v) is 6.13. The van der Waals surface area contributed by atoms with Gasteiger partial charge in [-0.05, 0) is 35.9 Å². The number of nitrogens with two attached hydrogens (primary N) is 1. The number of hydrogen-bond donors (Lipinski definition) is 2. The first-order valence-corrected chi connectivity index (χ1v) is 8.43. The number of halogens is 1. The van der Waals surface area contributed by atoms with E-state index in [9.17, 15) is 0 Å². The molecular weight excluding hydrogens is 336 g/mol. The predicted octanol–water partition coefficient (Wildman–Crippen LogP) is 3.65. The molecule has 1 aliphatic rings. The van der Waals surface area contributed by atoms with Gasteiger partial charge in [-0.25, -0.2) is 4.99 Å². The number of methoxy groups -OCH3 is 1. The molecule has 0 saturated heterocycles. The first kappa shape index (κ1) is 17.2. The summed E-state index contributed by atoms with van der Waals surface area (Å²) in [5.74, 6) is 0.963. The van der Waals surface area contributed by atoms with Crippen LogP contribution in [0.2, 0.25) is 5.02 Å². The van der Waals surface area contributed by atoms with Crippen molar-refractivity contribution in [1.82, 2.24) is 0 Å². The third kappa shape index (κ3) is 4.45. The van der Waals surface area contributed by atoms with E-state index in [1.54, 1.807) is 19.2 Å². The lowest BCUT2D eigenvalue weighted by Gasteiger charge is -2.17. The van der Waals surface area contributed by atoms with Gasteiger partial charge in [0, 0.05) is 24.5 Å². The summed E-state index contributed by atoms with van der Waals surface area (Å²) in [5.41, 5.74) is 9.04. The molecule has 6 heteroatoms. The Hall–Kier alpha value is -2.66. The number of aliphatic imine (C=N–C) groups is 1. The van der Waals surface area contributed by atoms with Crippen LogP contribution >= 0.6 is 11.6 Å². The largest absolute Gasteiger partial charge is 0.495 e. The van der Waals surface area contributed by atoms with Crippen LogP contribution in [-0.2, 0) is 6.54 Å². The number of nitrogens with zero attached hydrogens (tertiary/aromatic N) is 2. The molecule has 3 N–H and O–H groups in total. The van der Waals surface area contributed by atoms with Crippen molar-refractivity contribution in [3.63, 3.8) is 0 Å². The van der Waals surface area contributed by atoms with Crippen molar-refractivity contribution in [3.05, 3.63) is 65.2 Å². The zero-order valence-electron chi connectivity index (χ0n) is 14.1.